The lowest BCUT2D eigenvalue weighted by Gasteiger charge is -2.38. The molecule has 164 valence electrons. The van der Waals surface area contributed by atoms with Crippen LogP contribution in [0.5, 0.6) is 5.75 Å². The largest absolute Gasteiger partial charge is 0.461 e. The van der Waals surface area contributed by atoms with Gasteiger partial charge in [0.1, 0.15) is 18.0 Å². The molecule has 3 atom stereocenters. The lowest BCUT2D eigenvalue weighted by Crippen LogP contribution is -2.45. The molecule has 2 aliphatic rings. The van der Waals surface area contributed by atoms with Gasteiger partial charge in [0.15, 0.2) is 0 Å². The Labute approximate surface area is 189 Å². The molecule has 0 radical (unpaired) electrons. The molecule has 0 saturated carbocycles. The minimum Gasteiger partial charge on any atom is -0.461 e. The van der Waals surface area contributed by atoms with Crippen molar-refractivity contribution in [2.75, 3.05) is 6.61 Å². The van der Waals surface area contributed by atoms with E-state index in [0.29, 0.717) is 19.8 Å². The Hall–Kier alpha value is -2.92. The van der Waals surface area contributed by atoms with Crippen LogP contribution in [0.25, 0.3) is 0 Å². The first kappa shape index (κ1) is 21.0. The zero-order chi connectivity index (χ0) is 21.8. The van der Waals surface area contributed by atoms with E-state index in [4.69, 9.17) is 18.9 Å². The number of hydrogen-bond acceptors (Lipinski definition) is 4. The van der Waals surface area contributed by atoms with Gasteiger partial charge in [-0.05, 0) is 35.8 Å². The summed E-state index contributed by atoms with van der Waals surface area (Å²) in [6, 6.07) is 26.7. The second-order valence-corrected chi connectivity index (χ2v) is 8.42. The fourth-order valence-electron chi connectivity index (χ4n) is 4.19. The molecule has 3 aromatic rings. The highest BCUT2D eigenvalue weighted by Gasteiger charge is 2.36. The summed E-state index contributed by atoms with van der Waals surface area (Å²) in [6.07, 6.45) is 2.14. The fraction of sp³-hybridized carbons (Fsp3) is 0.286. The van der Waals surface area contributed by atoms with Gasteiger partial charge in [-0.25, -0.2) is 0 Å². The average molecular weight is 429 g/mol. The van der Waals surface area contributed by atoms with Gasteiger partial charge in [0.05, 0.1) is 19.8 Å². The maximum atomic E-state index is 6.38. The highest BCUT2D eigenvalue weighted by atomic mass is 16.7. The van der Waals surface area contributed by atoms with E-state index in [1.54, 1.807) is 0 Å². The van der Waals surface area contributed by atoms with Crippen molar-refractivity contribution in [1.29, 1.82) is 0 Å². The van der Waals surface area contributed by atoms with E-state index in [1.807, 2.05) is 42.5 Å². The van der Waals surface area contributed by atoms with Crippen molar-refractivity contribution in [3.05, 3.63) is 113 Å². The van der Waals surface area contributed by atoms with Crippen LogP contribution < -0.4 is 4.74 Å². The minimum atomic E-state index is -0.396. The summed E-state index contributed by atoms with van der Waals surface area (Å²) in [4.78, 5) is 0. The third-order valence-corrected chi connectivity index (χ3v) is 5.87. The fourth-order valence-corrected chi connectivity index (χ4v) is 4.19. The molecule has 0 unspecified atom stereocenters. The Balaban J connectivity index is 1.31. The monoisotopic (exact) mass is 428 g/mol. The zero-order valence-electron chi connectivity index (χ0n) is 18.3. The first-order chi connectivity index (χ1) is 15.7. The van der Waals surface area contributed by atoms with Crippen LogP contribution in [0.4, 0.5) is 0 Å². The van der Waals surface area contributed by atoms with Crippen molar-refractivity contribution in [2.45, 2.75) is 45.1 Å². The van der Waals surface area contributed by atoms with Gasteiger partial charge in [0, 0.05) is 12.0 Å². The predicted molar refractivity (Wildman–Crippen MR) is 123 cm³/mol. The standard InChI is InChI=1S/C28H28O4/c1-20-12-13-25-23(14-20)15-24-16-26(30-18-22-10-6-3-7-11-22)27(32-28(24)31-25)19-29-17-21-8-4-2-5-9-21/h2-14,16,26-28H,15,17-19H2,1H3/t26-,27-,28+/m1/s1. The van der Waals surface area contributed by atoms with Crippen LogP contribution in [-0.2, 0) is 33.8 Å². The van der Waals surface area contributed by atoms with Gasteiger partial charge in [-0.3, -0.25) is 0 Å². The van der Waals surface area contributed by atoms with Gasteiger partial charge in [-0.1, -0.05) is 78.4 Å². The number of rotatable bonds is 7. The summed E-state index contributed by atoms with van der Waals surface area (Å²) in [7, 11) is 0. The number of ether oxygens (including phenoxy) is 4. The molecule has 2 aliphatic heterocycles. The van der Waals surface area contributed by atoms with E-state index in [-0.39, 0.29) is 12.2 Å². The zero-order valence-corrected chi connectivity index (χ0v) is 18.3. The Kier molecular flexibility index (Phi) is 6.35. The van der Waals surface area contributed by atoms with Crippen LogP contribution in [0.15, 0.2) is 90.5 Å². The van der Waals surface area contributed by atoms with E-state index >= 15 is 0 Å². The van der Waals surface area contributed by atoms with Crippen molar-refractivity contribution in [1.82, 2.24) is 0 Å². The van der Waals surface area contributed by atoms with Crippen LogP contribution in [0.1, 0.15) is 22.3 Å². The minimum absolute atomic E-state index is 0.202. The van der Waals surface area contributed by atoms with Crippen molar-refractivity contribution in [3.8, 4) is 5.75 Å². The third kappa shape index (κ3) is 4.94. The molecule has 0 N–H and O–H groups in total. The van der Waals surface area contributed by atoms with Gasteiger partial charge >= 0.3 is 0 Å². The van der Waals surface area contributed by atoms with E-state index < -0.39 is 6.29 Å². The summed E-state index contributed by atoms with van der Waals surface area (Å²) < 4.78 is 24.9. The summed E-state index contributed by atoms with van der Waals surface area (Å²) >= 11 is 0. The lowest BCUT2D eigenvalue weighted by atomic mass is 9.95. The SMILES string of the molecule is Cc1ccc2c(c1)CC1=C[C@@H](OCc3ccccc3)[C@@H](COCc3ccccc3)O[C@@H]1O2. The normalized spacial score (nSPS) is 21.8. The van der Waals surface area contributed by atoms with Crippen LogP contribution in [0.2, 0.25) is 0 Å². The maximum absolute atomic E-state index is 6.38. The quantitative estimate of drug-likeness (QED) is 0.473. The van der Waals surface area contributed by atoms with Crippen molar-refractivity contribution >= 4 is 0 Å². The number of fused-ring (bicyclic) bond motifs is 2. The van der Waals surface area contributed by atoms with Gasteiger partial charge < -0.3 is 18.9 Å². The number of aryl methyl sites for hydroxylation is 1. The Morgan fingerprint density at radius 1 is 0.875 bits per heavy atom. The molecule has 0 bridgehead atoms. The second-order valence-electron chi connectivity index (χ2n) is 8.42. The molecule has 0 aromatic heterocycles. The van der Waals surface area contributed by atoms with Crippen LogP contribution >= 0.6 is 0 Å². The van der Waals surface area contributed by atoms with E-state index in [9.17, 15) is 0 Å². The molecule has 0 amide bonds. The van der Waals surface area contributed by atoms with Gasteiger partial charge in [-0.2, -0.15) is 0 Å². The van der Waals surface area contributed by atoms with E-state index in [1.165, 1.54) is 11.1 Å². The molecule has 0 aliphatic carbocycles. The van der Waals surface area contributed by atoms with Crippen molar-refractivity contribution in [3.63, 3.8) is 0 Å². The van der Waals surface area contributed by atoms with Gasteiger partial charge in [0.2, 0.25) is 6.29 Å². The highest BCUT2D eigenvalue weighted by molar-refractivity contribution is 5.43. The van der Waals surface area contributed by atoms with Crippen LogP contribution in [0, 0.1) is 6.92 Å². The highest BCUT2D eigenvalue weighted by Crippen LogP contribution is 2.35. The molecule has 0 fully saturated rings. The molecule has 3 aromatic carbocycles. The summed E-state index contributed by atoms with van der Waals surface area (Å²) in [5, 5.41) is 0. The summed E-state index contributed by atoms with van der Waals surface area (Å²) in [5.41, 5.74) is 5.81. The third-order valence-electron chi connectivity index (χ3n) is 5.87. The van der Waals surface area contributed by atoms with E-state index in [2.05, 4.69) is 49.4 Å². The van der Waals surface area contributed by atoms with E-state index in [0.717, 1.165) is 28.9 Å². The Morgan fingerprint density at radius 3 is 2.34 bits per heavy atom. The molecule has 5 rings (SSSR count). The molecule has 4 nitrogen and oxygen atoms in total. The Bertz CT molecular complexity index is 1060. The smallest absolute Gasteiger partial charge is 0.223 e. The summed E-state index contributed by atoms with van der Waals surface area (Å²) in [6.45, 7) is 3.59. The Morgan fingerprint density at radius 2 is 1.59 bits per heavy atom. The molecule has 4 heteroatoms. The topological polar surface area (TPSA) is 36.9 Å². The average Bonchev–Trinajstić information content (AvgIpc) is 2.83. The molecule has 2 heterocycles. The van der Waals surface area contributed by atoms with Crippen LogP contribution in [0.3, 0.4) is 0 Å². The molecule has 0 spiro atoms. The summed E-state index contributed by atoms with van der Waals surface area (Å²) in [5.74, 6) is 0.894. The first-order valence-corrected chi connectivity index (χ1v) is 11.1. The molecular formula is C28H28O4. The lowest BCUT2D eigenvalue weighted by molar-refractivity contribution is -0.173. The van der Waals surface area contributed by atoms with Crippen LogP contribution in [-0.4, -0.2) is 25.1 Å². The van der Waals surface area contributed by atoms with Crippen molar-refractivity contribution < 1.29 is 18.9 Å². The maximum Gasteiger partial charge on any atom is 0.223 e. The number of hydrogen-bond donors (Lipinski definition) is 0. The van der Waals surface area contributed by atoms with Gasteiger partial charge in [0.25, 0.3) is 0 Å². The predicted octanol–water partition coefficient (Wildman–Crippen LogP) is 5.38. The van der Waals surface area contributed by atoms with Gasteiger partial charge in [-0.15, -0.1) is 0 Å². The molecule has 32 heavy (non-hydrogen) atoms. The first-order valence-electron chi connectivity index (χ1n) is 11.1. The molecular weight excluding hydrogens is 400 g/mol. The number of benzene rings is 3. The van der Waals surface area contributed by atoms with Crippen molar-refractivity contribution in [2.24, 2.45) is 0 Å². The molecule has 0 saturated heterocycles. The second kappa shape index (κ2) is 9.70.